The molecule has 3 unspecified atom stereocenters. The molecule has 0 saturated carbocycles. The third-order valence-corrected chi connectivity index (χ3v) is 7.71. The molecule has 0 bridgehead atoms. The molecule has 1 aliphatic heterocycles. The number of para-hydroxylation sites is 1. The van der Waals surface area contributed by atoms with E-state index in [9.17, 15) is 38.2 Å². The lowest BCUT2D eigenvalue weighted by atomic mass is 10.1. The Kier molecular flexibility index (Phi) is 7.18. The number of halogens is 1. The fourth-order valence-corrected chi connectivity index (χ4v) is 5.65. The molecule has 0 spiro atoms. The number of fused-ring (bicyclic) bond motifs is 1. The first-order valence-electron chi connectivity index (χ1n) is 10.1. The molecule has 1 aromatic carbocycles. The van der Waals surface area contributed by atoms with Crippen molar-refractivity contribution in [2.24, 2.45) is 0 Å². The fraction of sp³-hybridized carbons (Fsp3) is 0.389. The van der Waals surface area contributed by atoms with Crippen molar-refractivity contribution in [2.75, 3.05) is 13.3 Å². The molecule has 1 aliphatic rings. The minimum Gasteiger partial charge on any atom is -0.387 e. The van der Waals surface area contributed by atoms with Crippen LogP contribution in [0.3, 0.4) is 0 Å². The Morgan fingerprint density at radius 3 is 2.58 bits per heavy atom. The zero-order valence-electron chi connectivity index (χ0n) is 18.3. The lowest BCUT2D eigenvalue weighted by molar-refractivity contribution is -0.0546. The zero-order chi connectivity index (χ0) is 26.4. The molecule has 4 N–H and O–H groups in total. The second kappa shape index (κ2) is 9.74. The summed E-state index contributed by atoms with van der Waals surface area (Å²) in [6.07, 6.45) is -5.51. The van der Waals surface area contributed by atoms with Gasteiger partial charge in [-0.15, -0.1) is 0 Å². The van der Waals surface area contributed by atoms with Crippen LogP contribution in [-0.4, -0.2) is 65.9 Å². The molecule has 0 amide bonds. The third-order valence-electron chi connectivity index (χ3n) is 5.20. The summed E-state index contributed by atoms with van der Waals surface area (Å²) in [5.41, 5.74) is -1.83. The lowest BCUT2D eigenvalue weighted by Gasteiger charge is -2.19. The molecule has 3 heterocycles. The van der Waals surface area contributed by atoms with Crippen LogP contribution in [0.4, 0.5) is 4.39 Å². The third kappa shape index (κ3) is 5.42. The Morgan fingerprint density at radius 2 is 1.89 bits per heavy atom. The number of aromatic nitrogens is 3. The van der Waals surface area contributed by atoms with E-state index >= 15 is 0 Å². The van der Waals surface area contributed by atoms with Gasteiger partial charge in [-0.05, 0) is 12.1 Å². The van der Waals surface area contributed by atoms with Crippen LogP contribution in [0, 0.1) is 5.82 Å². The minimum absolute atomic E-state index is 0.0800. The largest absolute Gasteiger partial charge is 0.479 e. The monoisotopic (exact) mass is 551 g/mol. The number of phosphoric ester groups is 1. The Morgan fingerprint density at radius 1 is 1.17 bits per heavy atom. The average molecular weight is 551 g/mol. The Bertz CT molecular complexity index is 1500. The van der Waals surface area contributed by atoms with Crippen LogP contribution in [0.25, 0.3) is 11.0 Å². The second-order valence-corrected chi connectivity index (χ2v) is 11.3. The molecular weight excluding hydrogens is 531 g/mol. The van der Waals surface area contributed by atoms with Gasteiger partial charge in [0.15, 0.2) is 12.0 Å². The molecule has 1 saturated heterocycles. The Balaban J connectivity index is 1.57. The molecule has 196 valence electrons. The molecule has 0 radical (unpaired) electrons. The van der Waals surface area contributed by atoms with Gasteiger partial charge in [0.2, 0.25) is 5.58 Å². The van der Waals surface area contributed by atoms with E-state index in [0.717, 1.165) is 22.9 Å². The molecule has 0 aliphatic carbocycles. The molecule has 1 fully saturated rings. The van der Waals surface area contributed by atoms with E-state index in [0.29, 0.717) is 11.2 Å². The van der Waals surface area contributed by atoms with Crippen molar-refractivity contribution in [3.8, 4) is 0 Å². The predicted octanol–water partition coefficient (Wildman–Crippen LogP) is -0.0934. The van der Waals surface area contributed by atoms with Gasteiger partial charge in [-0.25, -0.2) is 18.1 Å². The van der Waals surface area contributed by atoms with Crippen molar-refractivity contribution in [1.82, 2.24) is 14.3 Å². The molecule has 2 aromatic heterocycles. The van der Waals surface area contributed by atoms with Gasteiger partial charge in [-0.1, -0.05) is 11.2 Å². The number of ether oxygens (including phenoxy) is 1. The highest BCUT2D eigenvalue weighted by atomic mass is 31.3. The first-order chi connectivity index (χ1) is 16.8. The number of aliphatic hydroxyl groups excluding tert-OH is 2. The van der Waals surface area contributed by atoms with Crippen LogP contribution in [0.1, 0.15) is 11.9 Å². The quantitative estimate of drug-likeness (QED) is 0.270. The number of rotatable bonds is 8. The van der Waals surface area contributed by atoms with Gasteiger partial charge in [0.05, 0.1) is 13.2 Å². The van der Waals surface area contributed by atoms with Crippen LogP contribution >= 0.6 is 15.4 Å². The average Bonchev–Trinajstić information content (AvgIpc) is 3.31. The summed E-state index contributed by atoms with van der Waals surface area (Å²) >= 11 is 0. The number of hydrogen-bond acceptors (Lipinski definition) is 11. The maximum absolute atomic E-state index is 13.9. The van der Waals surface area contributed by atoms with Crippen molar-refractivity contribution < 1.29 is 51.6 Å². The van der Waals surface area contributed by atoms with Crippen molar-refractivity contribution >= 4 is 26.4 Å². The van der Waals surface area contributed by atoms with Crippen LogP contribution in [0.15, 0.2) is 44.6 Å². The zero-order valence-corrected chi connectivity index (χ0v) is 20.1. The van der Waals surface area contributed by atoms with E-state index in [1.165, 1.54) is 12.1 Å². The minimum atomic E-state index is -5.03. The van der Waals surface area contributed by atoms with E-state index in [4.69, 9.17) is 14.2 Å². The highest BCUT2D eigenvalue weighted by molar-refractivity contribution is 7.63. The fourth-order valence-electron chi connectivity index (χ4n) is 3.59. The lowest BCUT2D eigenvalue weighted by Crippen LogP contribution is -2.43. The van der Waals surface area contributed by atoms with E-state index in [1.54, 1.807) is 0 Å². The first kappa shape index (κ1) is 26.5. The Hall–Kier alpha value is -2.52. The SMILES string of the molecule is CP(=O)(O)OP(=O)(O)OC[C@H]1O[C@@H](n2ccc(=O)n(Cc3noc4c(F)cccc34)c2=O)[C@@H](O)C1O. The van der Waals surface area contributed by atoms with Gasteiger partial charge >= 0.3 is 21.1 Å². The van der Waals surface area contributed by atoms with Crippen molar-refractivity contribution in [3.05, 3.63) is 62.8 Å². The normalized spacial score (nSPS) is 25.6. The van der Waals surface area contributed by atoms with Gasteiger partial charge in [0, 0.05) is 24.3 Å². The maximum Gasteiger partial charge on any atom is 0.479 e. The van der Waals surface area contributed by atoms with Gasteiger partial charge in [-0.3, -0.25) is 23.0 Å². The number of aliphatic hydroxyl groups is 2. The number of phosphoric acid groups is 1. The number of nitrogens with zero attached hydrogens (tertiary/aromatic N) is 3. The molecule has 15 nitrogen and oxygen atoms in total. The molecule has 18 heteroatoms. The molecule has 36 heavy (non-hydrogen) atoms. The van der Waals surface area contributed by atoms with Crippen LogP contribution in [0.5, 0.6) is 0 Å². The van der Waals surface area contributed by atoms with Crippen LogP contribution in [0.2, 0.25) is 0 Å². The topological polar surface area (TPSA) is 213 Å². The molecule has 4 rings (SSSR count). The summed E-state index contributed by atoms with van der Waals surface area (Å²) in [7, 11) is -9.42. The predicted molar refractivity (Wildman–Crippen MR) is 117 cm³/mol. The van der Waals surface area contributed by atoms with Crippen molar-refractivity contribution in [2.45, 2.75) is 31.1 Å². The number of hydrogen-bond donors (Lipinski definition) is 4. The van der Waals surface area contributed by atoms with Gasteiger partial charge in [0.25, 0.3) is 5.56 Å². The van der Waals surface area contributed by atoms with E-state index in [1.807, 2.05) is 0 Å². The number of benzene rings is 1. The molecular formula is C18H20FN3O12P2. The van der Waals surface area contributed by atoms with Gasteiger partial charge in [-0.2, -0.15) is 0 Å². The maximum atomic E-state index is 13.9. The van der Waals surface area contributed by atoms with Gasteiger partial charge < -0.3 is 29.3 Å². The summed E-state index contributed by atoms with van der Waals surface area (Å²) < 4.78 is 57.3. The van der Waals surface area contributed by atoms with E-state index < -0.39 is 70.2 Å². The summed E-state index contributed by atoms with van der Waals surface area (Å²) in [4.78, 5) is 44.1. The standard InChI is InChI=1S/C18H20FN3O12P2/c1-35(27,28)34-36(29,30)31-8-12-14(24)15(25)17(32-12)21-6-5-13(23)22(18(21)26)7-11-9-3-2-4-10(19)16(9)33-20-11/h2-6,12,14-15,17,24-25H,7-8H2,1H3,(H,27,28)(H,29,30)/t12-,14?,15+,17-/m1/s1. The second-order valence-electron chi connectivity index (χ2n) is 7.87. The summed E-state index contributed by atoms with van der Waals surface area (Å²) in [6, 6.07) is 5.01. The first-order valence-corrected chi connectivity index (χ1v) is 13.6. The van der Waals surface area contributed by atoms with Crippen molar-refractivity contribution in [3.63, 3.8) is 0 Å². The molecule has 6 atom stereocenters. The van der Waals surface area contributed by atoms with E-state index in [-0.39, 0.29) is 16.7 Å². The highest BCUT2D eigenvalue weighted by Crippen LogP contribution is 2.58. The molecule has 3 aromatic rings. The van der Waals surface area contributed by atoms with Gasteiger partial charge in [0.1, 0.15) is 24.0 Å². The smallest absolute Gasteiger partial charge is 0.387 e. The van der Waals surface area contributed by atoms with E-state index in [2.05, 4.69) is 14.0 Å². The summed E-state index contributed by atoms with van der Waals surface area (Å²) in [5, 5.41) is 24.6. The summed E-state index contributed by atoms with van der Waals surface area (Å²) in [6.45, 7) is -0.636. The highest BCUT2D eigenvalue weighted by Gasteiger charge is 2.45. The van der Waals surface area contributed by atoms with Crippen molar-refractivity contribution in [1.29, 1.82) is 0 Å². The summed E-state index contributed by atoms with van der Waals surface area (Å²) in [5.74, 6) is -0.688. The Labute approximate surface area is 200 Å². The van der Waals surface area contributed by atoms with Crippen LogP contribution < -0.4 is 11.2 Å². The van der Waals surface area contributed by atoms with Crippen LogP contribution in [-0.2, 0) is 29.2 Å².